The number of aliphatic hydroxyl groups excluding tert-OH is 1. The summed E-state index contributed by atoms with van der Waals surface area (Å²) >= 11 is 3.34. The maximum Gasteiger partial charge on any atom is 0.472 e. The Hall–Kier alpha value is -1.14. The summed E-state index contributed by atoms with van der Waals surface area (Å²) in [6.07, 6.45) is -1.35. The van der Waals surface area contributed by atoms with Gasteiger partial charge in [-0.05, 0) is 22.4 Å². The van der Waals surface area contributed by atoms with Gasteiger partial charge in [-0.3, -0.25) is 13.6 Å². The number of ether oxygens (including phenoxy) is 1. The van der Waals surface area contributed by atoms with Crippen molar-refractivity contribution in [3.05, 3.63) is 10.6 Å². The van der Waals surface area contributed by atoms with Crippen LogP contribution in [0.5, 0.6) is 0 Å². The lowest BCUT2D eigenvalue weighted by Crippen LogP contribution is -2.39. The van der Waals surface area contributed by atoms with Crippen molar-refractivity contribution in [1.82, 2.24) is 19.5 Å². The van der Waals surface area contributed by atoms with Crippen LogP contribution in [-0.4, -0.2) is 54.4 Å². The first kappa shape index (κ1) is 19.2. The van der Waals surface area contributed by atoms with Gasteiger partial charge in [0, 0.05) is 6.42 Å². The number of nitrogens with two attached hydrogens (primary N) is 1. The largest absolute Gasteiger partial charge is 0.472 e. The predicted molar refractivity (Wildman–Crippen MR) is 96.6 cm³/mol. The lowest BCUT2D eigenvalue weighted by molar-refractivity contribution is -0.0670. The van der Waals surface area contributed by atoms with Gasteiger partial charge in [-0.2, -0.15) is 0 Å². The number of nitrogens with zero attached hydrogens (tertiary/aromatic N) is 4. The molecule has 2 aromatic heterocycles. The van der Waals surface area contributed by atoms with Crippen LogP contribution in [-0.2, 0) is 24.8 Å². The van der Waals surface area contributed by atoms with Gasteiger partial charge in [0.2, 0.25) is 0 Å². The molecule has 4 heterocycles. The van der Waals surface area contributed by atoms with Crippen molar-refractivity contribution in [1.29, 1.82) is 0 Å². The molecule has 4 rings (SSSR count). The second-order valence-electron chi connectivity index (χ2n) is 6.44. The van der Waals surface area contributed by atoms with Crippen LogP contribution in [0.25, 0.3) is 11.2 Å². The molecule has 0 aliphatic carbocycles. The molecule has 0 bridgehead atoms. The first-order valence-electron chi connectivity index (χ1n) is 8.50. The maximum absolute atomic E-state index is 11.7. The second kappa shape index (κ2) is 7.03. The summed E-state index contributed by atoms with van der Waals surface area (Å²) in [5.41, 5.74) is 6.80. The summed E-state index contributed by atoms with van der Waals surface area (Å²) in [4.78, 5) is 22.7. The molecule has 2 saturated heterocycles. The second-order valence-corrected chi connectivity index (χ2v) is 8.56. The summed E-state index contributed by atoms with van der Waals surface area (Å²) in [6, 6.07) is 0. The van der Waals surface area contributed by atoms with E-state index in [1.165, 1.54) is 4.57 Å². The molecule has 2 aromatic rings. The summed E-state index contributed by atoms with van der Waals surface area (Å²) in [5.74, 6) is 0.801. The number of hydrogen-bond acceptors (Lipinski definition) is 9. The number of phosphoric ester groups is 1. The van der Waals surface area contributed by atoms with Crippen molar-refractivity contribution >= 4 is 40.7 Å². The Kier molecular flexibility index (Phi) is 5.00. The minimum Gasteiger partial charge on any atom is -0.386 e. The fourth-order valence-corrected chi connectivity index (χ4v) is 4.75. The maximum atomic E-state index is 11.7. The molecule has 5 atom stereocenters. The minimum atomic E-state index is -4.21. The number of aryl methyl sites for hydroxylation is 1. The van der Waals surface area contributed by atoms with Crippen LogP contribution in [0.15, 0.2) is 4.73 Å². The first-order valence-corrected chi connectivity index (χ1v) is 10.8. The Morgan fingerprint density at radius 3 is 2.93 bits per heavy atom. The van der Waals surface area contributed by atoms with E-state index in [9.17, 15) is 14.6 Å². The topological polar surface area (TPSA) is 155 Å². The number of phosphoric acid groups is 1. The van der Waals surface area contributed by atoms with Crippen LogP contribution >= 0.6 is 23.8 Å². The van der Waals surface area contributed by atoms with Gasteiger partial charge in [-0.1, -0.05) is 13.3 Å². The van der Waals surface area contributed by atoms with E-state index < -0.39 is 32.4 Å². The molecule has 0 spiro atoms. The van der Waals surface area contributed by atoms with Gasteiger partial charge in [-0.15, -0.1) is 0 Å². The van der Waals surface area contributed by atoms with Gasteiger partial charge in [0.05, 0.1) is 6.61 Å². The summed E-state index contributed by atoms with van der Waals surface area (Å²) < 4.78 is 29.1. The van der Waals surface area contributed by atoms with Gasteiger partial charge < -0.3 is 20.5 Å². The van der Waals surface area contributed by atoms with Crippen molar-refractivity contribution in [2.45, 2.75) is 50.7 Å². The standard InChI is InChI=1S/C14H19BrN5O6P/c1-2-3-4-7-17-11(16)8-12(18-7)20(14(15)19-8)13-9(21)10-6(25-13)5-24-27(22,23)26-10/h6,9-10,13,21H,2-5H2,1H3,(H,22,23)(H2,16,17,18)/t6-,9-,10-,13-/m1/s1. The molecule has 27 heavy (non-hydrogen) atoms. The zero-order valence-corrected chi connectivity index (χ0v) is 16.8. The van der Waals surface area contributed by atoms with Crippen LogP contribution in [0, 0.1) is 0 Å². The summed E-state index contributed by atoms with van der Waals surface area (Å²) in [5, 5.41) is 10.7. The van der Waals surface area contributed by atoms with Gasteiger partial charge in [0.1, 0.15) is 24.1 Å². The molecule has 148 valence electrons. The Balaban J connectivity index is 1.74. The molecule has 0 amide bonds. The minimum absolute atomic E-state index is 0.172. The SMILES string of the molecule is CCCCc1nc(N)c2nc(Br)n([C@@H]3O[C@@H]4COP(=O)(O)O[C@H]4[C@H]3O)c2n1. The third-order valence-electron chi connectivity index (χ3n) is 4.54. The average molecular weight is 464 g/mol. The number of halogens is 1. The number of nitrogen functional groups attached to an aromatic ring is 1. The normalized spacial score (nSPS) is 33.5. The van der Waals surface area contributed by atoms with Crippen LogP contribution in [0.1, 0.15) is 31.8 Å². The van der Waals surface area contributed by atoms with Crippen LogP contribution in [0.4, 0.5) is 5.82 Å². The van der Waals surface area contributed by atoms with E-state index in [2.05, 4.69) is 37.8 Å². The number of imidazole rings is 1. The number of unbranched alkanes of at least 4 members (excludes halogenated alkanes) is 1. The smallest absolute Gasteiger partial charge is 0.386 e. The zero-order valence-electron chi connectivity index (χ0n) is 14.4. The Bertz CT molecular complexity index is 925. The molecular formula is C14H19BrN5O6P. The molecule has 0 aromatic carbocycles. The molecule has 2 aliphatic heterocycles. The third kappa shape index (κ3) is 3.39. The molecule has 13 heteroatoms. The van der Waals surface area contributed by atoms with Gasteiger partial charge in [0.25, 0.3) is 0 Å². The fraction of sp³-hybridized carbons (Fsp3) is 0.643. The number of hydrogen-bond donors (Lipinski definition) is 3. The molecule has 2 aliphatic rings. The Morgan fingerprint density at radius 2 is 2.19 bits per heavy atom. The van der Waals surface area contributed by atoms with E-state index in [-0.39, 0.29) is 12.4 Å². The number of rotatable bonds is 4. The Labute approximate surface area is 162 Å². The van der Waals surface area contributed by atoms with E-state index in [1.807, 2.05) is 0 Å². The monoisotopic (exact) mass is 463 g/mol. The number of aromatic nitrogens is 4. The van der Waals surface area contributed by atoms with E-state index in [1.54, 1.807) is 0 Å². The highest BCUT2D eigenvalue weighted by Crippen LogP contribution is 2.52. The van der Waals surface area contributed by atoms with Gasteiger partial charge in [0.15, 0.2) is 27.9 Å². The molecule has 1 unspecified atom stereocenters. The highest BCUT2D eigenvalue weighted by atomic mass is 79.9. The molecule has 11 nitrogen and oxygen atoms in total. The lowest BCUT2D eigenvalue weighted by Gasteiger charge is -2.27. The average Bonchev–Trinajstić information content (AvgIpc) is 3.09. The number of fused-ring (bicyclic) bond motifs is 2. The van der Waals surface area contributed by atoms with Crippen molar-refractivity contribution in [2.24, 2.45) is 0 Å². The first-order chi connectivity index (χ1) is 12.8. The summed E-state index contributed by atoms with van der Waals surface area (Å²) in [7, 11) is -4.21. The van der Waals surface area contributed by atoms with E-state index in [0.717, 1.165) is 12.8 Å². The molecule has 4 N–H and O–H groups in total. The fourth-order valence-electron chi connectivity index (χ4n) is 3.24. The third-order valence-corrected chi connectivity index (χ3v) is 6.09. The van der Waals surface area contributed by atoms with Gasteiger partial charge >= 0.3 is 7.82 Å². The van der Waals surface area contributed by atoms with Crippen LogP contribution in [0.3, 0.4) is 0 Å². The van der Waals surface area contributed by atoms with E-state index >= 15 is 0 Å². The Morgan fingerprint density at radius 1 is 1.41 bits per heavy atom. The summed E-state index contributed by atoms with van der Waals surface area (Å²) in [6.45, 7) is 1.89. The quantitative estimate of drug-likeness (QED) is 0.445. The van der Waals surface area contributed by atoms with Crippen molar-refractivity contribution in [2.75, 3.05) is 12.3 Å². The van der Waals surface area contributed by atoms with Crippen LogP contribution < -0.4 is 5.73 Å². The highest BCUT2D eigenvalue weighted by molar-refractivity contribution is 9.10. The molecule has 0 saturated carbocycles. The van der Waals surface area contributed by atoms with E-state index in [4.69, 9.17) is 19.5 Å². The van der Waals surface area contributed by atoms with Crippen molar-refractivity contribution in [3.8, 4) is 0 Å². The van der Waals surface area contributed by atoms with Crippen molar-refractivity contribution < 1.29 is 28.3 Å². The lowest BCUT2D eigenvalue weighted by atomic mass is 10.1. The molecule has 0 radical (unpaired) electrons. The highest BCUT2D eigenvalue weighted by Gasteiger charge is 2.53. The number of aliphatic hydroxyl groups is 1. The molecular weight excluding hydrogens is 445 g/mol. The van der Waals surface area contributed by atoms with Gasteiger partial charge in [-0.25, -0.2) is 19.5 Å². The molecule has 2 fully saturated rings. The van der Waals surface area contributed by atoms with Crippen LogP contribution in [0.2, 0.25) is 0 Å². The van der Waals surface area contributed by atoms with E-state index in [0.29, 0.717) is 28.1 Å². The predicted octanol–water partition coefficient (Wildman–Crippen LogP) is 1.29. The van der Waals surface area contributed by atoms with Crippen molar-refractivity contribution in [3.63, 3.8) is 0 Å². The number of anilines is 1. The zero-order chi connectivity index (χ0) is 19.3.